The van der Waals surface area contributed by atoms with E-state index in [-0.39, 0.29) is 54.0 Å². The summed E-state index contributed by atoms with van der Waals surface area (Å²) in [5.74, 6) is -1.72. The van der Waals surface area contributed by atoms with Gasteiger partial charge >= 0.3 is 6.09 Å². The Morgan fingerprint density at radius 3 is 2.43 bits per heavy atom. The number of aromatic nitrogens is 3. The smallest absolute Gasteiger partial charge is 0.410 e. The quantitative estimate of drug-likeness (QED) is 0.219. The van der Waals surface area contributed by atoms with Crippen molar-refractivity contribution in [3.8, 4) is 11.1 Å². The van der Waals surface area contributed by atoms with Crippen molar-refractivity contribution in [1.29, 1.82) is 0 Å². The van der Waals surface area contributed by atoms with Gasteiger partial charge in [0.2, 0.25) is 16.0 Å². The fraction of sp³-hybridized carbons (Fsp3) is 0.412. The molecule has 2 aromatic carbocycles. The number of carbonyl (C=O) groups excluding carboxylic acids is 1. The number of benzene rings is 2. The van der Waals surface area contributed by atoms with Gasteiger partial charge in [0, 0.05) is 42.2 Å². The van der Waals surface area contributed by atoms with Gasteiger partial charge in [0.25, 0.3) is 5.56 Å². The van der Waals surface area contributed by atoms with Crippen LogP contribution in [0.2, 0.25) is 0 Å². The first kappa shape index (κ1) is 35.6. The first-order chi connectivity index (χ1) is 23.0. The van der Waals surface area contributed by atoms with Crippen molar-refractivity contribution in [1.82, 2.24) is 19.4 Å². The van der Waals surface area contributed by atoms with Gasteiger partial charge in [0.1, 0.15) is 29.1 Å². The lowest BCUT2D eigenvalue weighted by atomic mass is 10.0. The van der Waals surface area contributed by atoms with Crippen LogP contribution in [0.1, 0.15) is 53.5 Å². The van der Waals surface area contributed by atoms with Gasteiger partial charge in [0.05, 0.1) is 24.2 Å². The molecular weight excluding hydrogens is 661 g/mol. The summed E-state index contributed by atoms with van der Waals surface area (Å²) in [6.45, 7) is 8.97. The number of amides is 1. The average Bonchev–Trinajstić information content (AvgIpc) is 3.00. The predicted octanol–water partition coefficient (Wildman–Crippen LogP) is 6.56. The van der Waals surface area contributed by atoms with Crippen molar-refractivity contribution in [3.63, 3.8) is 0 Å². The van der Waals surface area contributed by atoms with Gasteiger partial charge in [-0.15, -0.1) is 0 Å². The first-order valence-corrected chi connectivity index (χ1v) is 17.7. The molecule has 5 rings (SSSR count). The molecule has 0 radical (unpaired) electrons. The molecule has 2 aromatic heterocycles. The van der Waals surface area contributed by atoms with E-state index in [9.17, 15) is 26.8 Å². The number of halogens is 3. The van der Waals surface area contributed by atoms with E-state index in [0.717, 1.165) is 18.4 Å². The number of fused-ring (bicyclic) bond motifs is 1. The van der Waals surface area contributed by atoms with Crippen molar-refractivity contribution in [3.05, 3.63) is 76.7 Å². The minimum Gasteiger partial charge on any atom is -0.444 e. The fourth-order valence-electron chi connectivity index (χ4n) is 5.73. The van der Waals surface area contributed by atoms with Gasteiger partial charge in [0.15, 0.2) is 0 Å². The van der Waals surface area contributed by atoms with Crippen LogP contribution in [0.3, 0.4) is 0 Å². The molecular formula is C34H39F3N6O5S. The van der Waals surface area contributed by atoms with Crippen LogP contribution in [-0.4, -0.2) is 71.1 Å². The van der Waals surface area contributed by atoms with Gasteiger partial charge in [-0.25, -0.2) is 35.7 Å². The van der Waals surface area contributed by atoms with Crippen LogP contribution in [0.5, 0.6) is 0 Å². The maximum Gasteiger partial charge on any atom is 0.410 e. The van der Waals surface area contributed by atoms with Gasteiger partial charge in [-0.2, -0.15) is 4.98 Å². The minimum atomic E-state index is -4.17. The second-order valence-electron chi connectivity index (χ2n) is 13.2. The molecule has 1 N–H and O–H groups in total. The molecule has 1 fully saturated rings. The number of ether oxygens (including phenoxy) is 1. The third kappa shape index (κ3) is 7.82. The van der Waals surface area contributed by atoms with Crippen LogP contribution in [0, 0.1) is 11.6 Å². The van der Waals surface area contributed by atoms with E-state index in [4.69, 9.17) is 4.74 Å². The Morgan fingerprint density at radius 1 is 1.10 bits per heavy atom. The summed E-state index contributed by atoms with van der Waals surface area (Å²) in [5.41, 5.74) is -1.43. The van der Waals surface area contributed by atoms with E-state index >= 15 is 4.39 Å². The molecule has 2 unspecified atom stereocenters. The number of likely N-dealkylation sites (tertiary alicyclic amines) is 1. The molecule has 1 aliphatic rings. The third-order valence-electron chi connectivity index (χ3n) is 8.07. The molecule has 262 valence electrons. The van der Waals surface area contributed by atoms with Gasteiger partial charge in [-0.05, 0) is 70.0 Å². The number of nitrogens with zero attached hydrogens (tertiary/aromatic N) is 5. The number of alkyl halides is 1. The number of para-hydroxylation sites is 1. The normalized spacial score (nSPS) is 17.5. The molecule has 11 nitrogen and oxygen atoms in total. The Bertz CT molecular complexity index is 2050. The number of sulfonamides is 1. The highest BCUT2D eigenvalue weighted by Crippen LogP contribution is 2.35. The number of rotatable bonds is 8. The summed E-state index contributed by atoms with van der Waals surface area (Å²) in [5, 5.41) is 3.55. The highest BCUT2D eigenvalue weighted by molar-refractivity contribution is 7.92. The average molecular weight is 701 g/mol. The van der Waals surface area contributed by atoms with Crippen molar-refractivity contribution < 1.29 is 31.1 Å². The summed E-state index contributed by atoms with van der Waals surface area (Å²) in [6, 6.07) is 9.35. The lowest BCUT2D eigenvalue weighted by Crippen LogP contribution is -2.51. The zero-order valence-electron chi connectivity index (χ0n) is 28.1. The second-order valence-corrected chi connectivity index (χ2v) is 15.0. The Kier molecular flexibility index (Phi) is 9.96. The van der Waals surface area contributed by atoms with Crippen LogP contribution in [0.25, 0.3) is 22.2 Å². The molecule has 49 heavy (non-hydrogen) atoms. The Balaban J connectivity index is 1.51. The number of hydrogen-bond acceptors (Lipinski definition) is 8. The zero-order chi connectivity index (χ0) is 35.8. The highest BCUT2D eigenvalue weighted by Gasteiger charge is 2.33. The van der Waals surface area contributed by atoms with E-state index in [1.807, 2.05) is 13.8 Å². The fourth-order valence-corrected chi connectivity index (χ4v) is 6.74. The largest absolute Gasteiger partial charge is 0.444 e. The molecule has 1 saturated heterocycles. The van der Waals surface area contributed by atoms with Gasteiger partial charge < -0.3 is 15.0 Å². The molecule has 0 bridgehead atoms. The number of piperidine rings is 1. The summed E-state index contributed by atoms with van der Waals surface area (Å²) in [6.07, 6.45) is 1.05. The Morgan fingerprint density at radius 2 is 1.80 bits per heavy atom. The number of nitrogens with one attached hydrogen (secondary N) is 1. The number of hydrogen-bond donors (Lipinski definition) is 1. The Hall–Kier alpha value is -4.66. The van der Waals surface area contributed by atoms with Crippen LogP contribution >= 0.6 is 0 Å². The maximum atomic E-state index is 15.7. The number of anilines is 3. The predicted molar refractivity (Wildman–Crippen MR) is 182 cm³/mol. The van der Waals surface area contributed by atoms with E-state index in [1.165, 1.54) is 52.1 Å². The van der Waals surface area contributed by atoms with Crippen LogP contribution in [0.4, 0.5) is 35.3 Å². The molecule has 0 aliphatic carbocycles. The molecule has 1 aliphatic heterocycles. The second kappa shape index (κ2) is 13.7. The van der Waals surface area contributed by atoms with Crippen molar-refractivity contribution >= 4 is 44.5 Å². The number of carbonyl (C=O) groups is 1. The van der Waals surface area contributed by atoms with Crippen molar-refractivity contribution in [2.45, 2.75) is 71.3 Å². The minimum absolute atomic E-state index is 0.0982. The van der Waals surface area contributed by atoms with E-state index in [0.29, 0.717) is 16.1 Å². The summed E-state index contributed by atoms with van der Waals surface area (Å²) >= 11 is 0. The molecule has 0 saturated carbocycles. The molecule has 1 amide bonds. The highest BCUT2D eigenvalue weighted by atomic mass is 32.2. The molecule has 0 spiro atoms. The molecule has 15 heteroatoms. The van der Waals surface area contributed by atoms with Crippen molar-refractivity contribution in [2.24, 2.45) is 0 Å². The van der Waals surface area contributed by atoms with Crippen LogP contribution in [0.15, 0.2) is 59.5 Å². The maximum absolute atomic E-state index is 15.7. The summed E-state index contributed by atoms with van der Waals surface area (Å²) in [4.78, 5) is 37.0. The lowest BCUT2D eigenvalue weighted by molar-refractivity contribution is 0.0124. The molecule has 3 atom stereocenters. The van der Waals surface area contributed by atoms with E-state index < -0.39 is 56.8 Å². The number of pyridine rings is 1. The SMILES string of the molecule is CC[C@@H](C)n1c(=O)c(-c2ccc(N(c3ccccc3F)S(C)(=O)=O)c(F)c2)cc2cnc(NC3CC(F)CN(C(=O)OC(C)(C)C)C3)nc21. The zero-order valence-corrected chi connectivity index (χ0v) is 28.9. The van der Waals surface area contributed by atoms with Crippen LogP contribution in [-0.2, 0) is 14.8 Å². The van der Waals surface area contributed by atoms with Gasteiger partial charge in [-0.3, -0.25) is 9.36 Å². The topological polar surface area (TPSA) is 127 Å². The summed E-state index contributed by atoms with van der Waals surface area (Å²) in [7, 11) is -4.17. The first-order valence-electron chi connectivity index (χ1n) is 15.8. The third-order valence-corrected chi connectivity index (χ3v) is 9.13. The Labute approximate surface area is 282 Å². The lowest BCUT2D eigenvalue weighted by Gasteiger charge is -2.36. The monoisotopic (exact) mass is 700 g/mol. The molecule has 4 aromatic rings. The van der Waals surface area contributed by atoms with E-state index in [2.05, 4.69) is 15.3 Å². The van der Waals surface area contributed by atoms with Crippen LogP contribution < -0.4 is 15.2 Å². The van der Waals surface area contributed by atoms with Crippen molar-refractivity contribution in [2.75, 3.05) is 29.0 Å². The molecule has 3 heterocycles. The standard InChI is InChI=1S/C34H39F3N6O5S/c1-7-20(2)42-30-22(17-38-32(40-30)39-24-16-23(35)18-41(19-24)33(45)48-34(3,4)5)14-25(31(42)44)21-12-13-29(27(37)15-21)43(49(6,46)47)28-11-9-8-10-26(28)36/h8-15,17,20,23-24H,7,16,18-19H2,1-6H3,(H,38,39,40)/t20-,23?,24?/m1/s1. The van der Waals surface area contributed by atoms with E-state index in [1.54, 1.807) is 20.8 Å². The van der Waals surface area contributed by atoms with Gasteiger partial charge in [-0.1, -0.05) is 25.1 Å². The summed E-state index contributed by atoms with van der Waals surface area (Å²) < 4.78 is 77.9.